The lowest BCUT2D eigenvalue weighted by Gasteiger charge is -2.40. The molecule has 198 valence electrons. The molecule has 0 unspecified atom stereocenters. The largest absolute Gasteiger partial charge is 0.369 e. The monoisotopic (exact) mass is 521 g/mol. The summed E-state index contributed by atoms with van der Waals surface area (Å²) in [5, 5.41) is 3.67. The molecule has 2 aromatic carbocycles. The van der Waals surface area contributed by atoms with Crippen LogP contribution in [-0.2, 0) is 13.1 Å². The Morgan fingerprint density at radius 2 is 1.76 bits per heavy atom. The van der Waals surface area contributed by atoms with Gasteiger partial charge in [-0.1, -0.05) is 41.4 Å². The number of halogens is 1. The number of aromatic nitrogens is 2. The molecule has 0 aliphatic heterocycles. The number of anilines is 1. The zero-order valence-electron chi connectivity index (χ0n) is 22.8. The van der Waals surface area contributed by atoms with Gasteiger partial charge in [-0.3, -0.25) is 4.79 Å². The molecule has 6 nitrogen and oxygen atoms in total. The quantitative estimate of drug-likeness (QED) is 0.385. The highest BCUT2D eigenvalue weighted by Gasteiger charge is 2.28. The molecule has 1 N–H and O–H groups in total. The van der Waals surface area contributed by atoms with Gasteiger partial charge in [0.15, 0.2) is 0 Å². The number of aryl methyl sites for hydroxylation is 1. The summed E-state index contributed by atoms with van der Waals surface area (Å²) < 4.78 is 2.07. The summed E-state index contributed by atoms with van der Waals surface area (Å²) >= 11 is 6.57. The molecule has 4 rings (SSSR count). The van der Waals surface area contributed by atoms with Crippen molar-refractivity contribution in [3.63, 3.8) is 0 Å². The molecular weight excluding hydrogens is 482 g/mol. The number of carbonyl (C=O) groups is 1. The second-order valence-corrected chi connectivity index (χ2v) is 10.9. The Kier molecular flexibility index (Phi) is 8.93. The standard InChI is InChI=1S/C30H40ClN5O/c1-6-36(26-13-11-25(12-14-26)34(4)5)28-18-24(31)17-27(22(28)3)30(37)33-19-29-32-15-16-35(29)20-23-9-7-21(2)8-10-23/h7-10,15-18,25-26H,6,11-14,19-20H2,1-5H3,(H,33,37). The second-order valence-electron chi connectivity index (χ2n) is 10.4. The highest BCUT2D eigenvalue weighted by Crippen LogP contribution is 2.34. The Morgan fingerprint density at radius 3 is 2.41 bits per heavy atom. The molecule has 0 bridgehead atoms. The molecule has 1 heterocycles. The lowest BCUT2D eigenvalue weighted by molar-refractivity contribution is 0.0949. The second kappa shape index (κ2) is 12.1. The van der Waals surface area contributed by atoms with E-state index in [4.69, 9.17) is 11.6 Å². The fourth-order valence-electron chi connectivity index (χ4n) is 5.51. The number of rotatable bonds is 9. The van der Waals surface area contributed by atoms with E-state index in [0.29, 0.717) is 35.8 Å². The number of hydrogen-bond acceptors (Lipinski definition) is 4. The van der Waals surface area contributed by atoms with Crippen molar-refractivity contribution in [1.82, 2.24) is 19.8 Å². The van der Waals surface area contributed by atoms with Crippen LogP contribution < -0.4 is 10.2 Å². The summed E-state index contributed by atoms with van der Waals surface area (Å²) in [6, 6.07) is 13.4. The third-order valence-electron chi connectivity index (χ3n) is 7.76. The fraction of sp³-hybridized carbons (Fsp3) is 0.467. The molecule has 1 saturated carbocycles. The third-order valence-corrected chi connectivity index (χ3v) is 7.98. The summed E-state index contributed by atoms with van der Waals surface area (Å²) in [6.07, 6.45) is 8.41. The lowest BCUT2D eigenvalue weighted by atomic mass is 9.89. The van der Waals surface area contributed by atoms with E-state index in [-0.39, 0.29) is 5.91 Å². The van der Waals surface area contributed by atoms with Gasteiger partial charge in [0.05, 0.1) is 6.54 Å². The molecule has 1 aliphatic carbocycles. The molecule has 0 atom stereocenters. The highest BCUT2D eigenvalue weighted by molar-refractivity contribution is 6.31. The van der Waals surface area contributed by atoms with Gasteiger partial charge < -0.3 is 19.7 Å². The fourth-order valence-corrected chi connectivity index (χ4v) is 5.72. The normalized spacial score (nSPS) is 17.7. The summed E-state index contributed by atoms with van der Waals surface area (Å²) in [7, 11) is 4.34. The smallest absolute Gasteiger partial charge is 0.252 e. The van der Waals surface area contributed by atoms with E-state index in [2.05, 4.69) is 76.9 Å². The van der Waals surface area contributed by atoms with Gasteiger partial charge in [-0.05, 0) is 83.8 Å². The first kappa shape index (κ1) is 27.2. The van der Waals surface area contributed by atoms with E-state index in [1.54, 1.807) is 12.3 Å². The Morgan fingerprint density at radius 1 is 1.08 bits per heavy atom. The molecule has 1 aromatic heterocycles. The molecule has 1 aliphatic rings. The maximum absolute atomic E-state index is 13.3. The van der Waals surface area contributed by atoms with Crippen LogP contribution in [-0.4, -0.2) is 53.1 Å². The van der Waals surface area contributed by atoms with Gasteiger partial charge in [0.25, 0.3) is 5.91 Å². The van der Waals surface area contributed by atoms with Crippen LogP contribution in [0.2, 0.25) is 5.02 Å². The van der Waals surface area contributed by atoms with Crippen LogP contribution in [0.3, 0.4) is 0 Å². The molecule has 0 saturated heterocycles. The average molecular weight is 522 g/mol. The van der Waals surface area contributed by atoms with Crippen molar-refractivity contribution in [2.75, 3.05) is 25.5 Å². The molecule has 37 heavy (non-hydrogen) atoms. The van der Waals surface area contributed by atoms with E-state index >= 15 is 0 Å². The van der Waals surface area contributed by atoms with Crippen molar-refractivity contribution >= 4 is 23.2 Å². The molecular formula is C30H40ClN5O. The summed E-state index contributed by atoms with van der Waals surface area (Å²) in [4.78, 5) is 22.6. The Bertz CT molecular complexity index is 1200. The SMILES string of the molecule is CCN(c1cc(Cl)cc(C(=O)NCc2nccn2Cc2ccc(C)cc2)c1C)C1CCC(N(C)C)CC1. The van der Waals surface area contributed by atoms with Crippen LogP contribution in [0.5, 0.6) is 0 Å². The molecule has 1 amide bonds. The van der Waals surface area contributed by atoms with Crippen molar-refractivity contribution in [3.05, 3.63) is 81.9 Å². The number of hydrogen-bond donors (Lipinski definition) is 1. The zero-order valence-corrected chi connectivity index (χ0v) is 23.6. The Labute approximate surface area is 226 Å². The van der Waals surface area contributed by atoms with Crippen LogP contribution in [0.4, 0.5) is 5.69 Å². The van der Waals surface area contributed by atoms with Gasteiger partial charge in [-0.2, -0.15) is 0 Å². The predicted molar refractivity (Wildman–Crippen MR) is 153 cm³/mol. The number of nitrogens with zero attached hydrogens (tertiary/aromatic N) is 4. The maximum atomic E-state index is 13.3. The number of benzene rings is 2. The molecule has 3 aromatic rings. The summed E-state index contributed by atoms with van der Waals surface area (Å²) in [5.74, 6) is 0.695. The first-order valence-corrected chi connectivity index (χ1v) is 13.7. The van der Waals surface area contributed by atoms with Gasteiger partial charge in [0.1, 0.15) is 5.82 Å². The predicted octanol–water partition coefficient (Wildman–Crippen LogP) is 5.83. The van der Waals surface area contributed by atoms with Crippen molar-refractivity contribution < 1.29 is 4.79 Å². The van der Waals surface area contributed by atoms with Gasteiger partial charge in [-0.15, -0.1) is 0 Å². The Hall–Kier alpha value is -2.83. The van der Waals surface area contributed by atoms with Crippen LogP contribution in [0.1, 0.15) is 65.5 Å². The summed E-state index contributed by atoms with van der Waals surface area (Å²) in [6.45, 7) is 8.26. The minimum atomic E-state index is -0.126. The van der Waals surface area contributed by atoms with E-state index < -0.39 is 0 Å². The van der Waals surface area contributed by atoms with E-state index in [9.17, 15) is 4.79 Å². The number of carbonyl (C=O) groups excluding carboxylic acids is 1. The van der Waals surface area contributed by atoms with E-state index in [0.717, 1.165) is 36.5 Å². The highest BCUT2D eigenvalue weighted by atomic mass is 35.5. The molecule has 0 spiro atoms. The van der Waals surface area contributed by atoms with Gasteiger partial charge in [0, 0.05) is 53.8 Å². The maximum Gasteiger partial charge on any atom is 0.252 e. The topological polar surface area (TPSA) is 53.4 Å². The van der Waals surface area contributed by atoms with Crippen LogP contribution >= 0.6 is 11.6 Å². The number of amides is 1. The van der Waals surface area contributed by atoms with Crippen LogP contribution in [0.15, 0.2) is 48.8 Å². The van der Waals surface area contributed by atoms with Crippen molar-refractivity contribution in [2.45, 2.75) is 71.6 Å². The molecule has 0 radical (unpaired) electrons. The third kappa shape index (κ3) is 6.55. The van der Waals surface area contributed by atoms with Crippen molar-refractivity contribution in [2.24, 2.45) is 0 Å². The van der Waals surface area contributed by atoms with E-state index in [1.165, 1.54) is 24.0 Å². The minimum absolute atomic E-state index is 0.126. The minimum Gasteiger partial charge on any atom is -0.369 e. The number of nitrogens with one attached hydrogen (secondary N) is 1. The van der Waals surface area contributed by atoms with Crippen LogP contribution in [0, 0.1) is 13.8 Å². The van der Waals surface area contributed by atoms with Crippen molar-refractivity contribution in [3.8, 4) is 0 Å². The molecule has 1 fully saturated rings. The van der Waals surface area contributed by atoms with Gasteiger partial charge in [0.2, 0.25) is 0 Å². The average Bonchev–Trinajstić information content (AvgIpc) is 3.33. The Balaban J connectivity index is 1.47. The first-order valence-electron chi connectivity index (χ1n) is 13.3. The van der Waals surface area contributed by atoms with Crippen LogP contribution in [0.25, 0.3) is 0 Å². The van der Waals surface area contributed by atoms with Crippen molar-refractivity contribution in [1.29, 1.82) is 0 Å². The van der Waals surface area contributed by atoms with Gasteiger partial charge >= 0.3 is 0 Å². The first-order chi connectivity index (χ1) is 17.8. The van der Waals surface area contributed by atoms with E-state index in [1.807, 2.05) is 19.2 Å². The summed E-state index contributed by atoms with van der Waals surface area (Å²) in [5.41, 5.74) is 5.10. The van der Waals surface area contributed by atoms with Gasteiger partial charge in [-0.25, -0.2) is 4.98 Å². The lowest BCUT2D eigenvalue weighted by Crippen LogP contribution is -2.42. The zero-order chi connectivity index (χ0) is 26.5. The number of imidazole rings is 1. The molecule has 7 heteroatoms.